The molecule has 0 N–H and O–H groups in total. The van der Waals surface area contributed by atoms with E-state index in [1.54, 1.807) is 12.5 Å². The summed E-state index contributed by atoms with van der Waals surface area (Å²) in [5, 5.41) is 0. The Bertz CT molecular complexity index is 1190. The van der Waals surface area contributed by atoms with Crippen molar-refractivity contribution in [2.24, 2.45) is 11.8 Å². The van der Waals surface area contributed by atoms with Crippen LogP contribution in [0, 0.1) is 11.8 Å². The van der Waals surface area contributed by atoms with E-state index in [4.69, 9.17) is 19.2 Å². The summed E-state index contributed by atoms with van der Waals surface area (Å²) in [5.74, 6) is 0.306. The molecule has 0 fully saturated rings. The van der Waals surface area contributed by atoms with Gasteiger partial charge in [-0.2, -0.15) is 0 Å². The van der Waals surface area contributed by atoms with E-state index in [0.717, 1.165) is 16.9 Å². The third-order valence-electron chi connectivity index (χ3n) is 7.62. The molecule has 0 spiro atoms. The first-order valence-corrected chi connectivity index (χ1v) is 14.0. The molecule has 2 aliphatic heterocycles. The molecule has 0 radical (unpaired) electrons. The summed E-state index contributed by atoms with van der Waals surface area (Å²) in [6.45, 7) is 17.1. The Kier molecular flexibility index (Phi) is 8.96. The van der Waals surface area contributed by atoms with Crippen LogP contribution < -0.4 is 4.90 Å². The van der Waals surface area contributed by atoms with E-state index in [2.05, 4.69) is 77.6 Å². The SMILES string of the molecule is COC(=O)N1C=COC1C1=CC(C)C(COOCc2ccccc2)CN1c1cc(C(C)(C)C)cc(C(C)(C)C)c1. The zero-order valence-electron chi connectivity index (χ0n) is 25.1. The summed E-state index contributed by atoms with van der Waals surface area (Å²) in [6, 6.07) is 16.8. The molecule has 7 heteroatoms. The molecule has 3 unspecified atom stereocenters. The number of carbonyl (C=O) groups excluding carboxylic acids is 1. The van der Waals surface area contributed by atoms with Gasteiger partial charge < -0.3 is 14.4 Å². The molecular weight excluding hydrogens is 504 g/mol. The molecule has 0 aromatic heterocycles. The van der Waals surface area contributed by atoms with Gasteiger partial charge in [-0.3, -0.25) is 0 Å². The van der Waals surface area contributed by atoms with Crippen molar-refractivity contribution >= 4 is 11.8 Å². The normalized spacial score (nSPS) is 21.3. The van der Waals surface area contributed by atoms with Gasteiger partial charge >= 0.3 is 6.09 Å². The number of hydrogen-bond donors (Lipinski definition) is 0. The van der Waals surface area contributed by atoms with E-state index < -0.39 is 12.3 Å². The van der Waals surface area contributed by atoms with Crippen molar-refractivity contribution in [2.45, 2.75) is 72.1 Å². The number of nitrogens with zero attached hydrogens (tertiary/aromatic N) is 2. The second-order valence-electron chi connectivity index (χ2n) is 12.8. The monoisotopic (exact) mass is 548 g/mol. The first kappa shape index (κ1) is 29.7. The molecule has 0 saturated carbocycles. The number of anilines is 1. The molecule has 40 heavy (non-hydrogen) atoms. The molecule has 3 atom stereocenters. The maximum atomic E-state index is 12.6. The fraction of sp³-hybridized carbons (Fsp3) is 0.485. The van der Waals surface area contributed by atoms with Gasteiger partial charge in [0, 0.05) is 24.4 Å². The van der Waals surface area contributed by atoms with Gasteiger partial charge in [-0.25, -0.2) is 19.5 Å². The lowest BCUT2D eigenvalue weighted by atomic mass is 9.80. The quantitative estimate of drug-likeness (QED) is 0.206. The molecule has 4 rings (SSSR count). The Labute approximate surface area is 239 Å². The van der Waals surface area contributed by atoms with Crippen molar-refractivity contribution in [1.29, 1.82) is 0 Å². The van der Waals surface area contributed by atoms with Crippen LogP contribution in [0.25, 0.3) is 0 Å². The number of benzene rings is 2. The second kappa shape index (κ2) is 12.1. The van der Waals surface area contributed by atoms with Crippen molar-refractivity contribution in [3.8, 4) is 0 Å². The van der Waals surface area contributed by atoms with Crippen molar-refractivity contribution in [3.05, 3.63) is 89.5 Å². The van der Waals surface area contributed by atoms with Gasteiger partial charge in [-0.05, 0) is 45.6 Å². The standard InChI is InChI=1S/C33H44N2O5/c1-23-16-29(30-34(14-15-38-30)31(36)37-8)35(20-25(23)22-40-39-21-24-12-10-9-11-13-24)28-18-26(32(2,3)4)17-27(19-28)33(5,6)7/h9-19,23,25,30H,20-22H2,1-8H3. The van der Waals surface area contributed by atoms with Gasteiger partial charge in [-0.1, -0.05) is 90.9 Å². The van der Waals surface area contributed by atoms with Crippen LogP contribution in [0.4, 0.5) is 10.5 Å². The minimum absolute atomic E-state index is 0.0414. The number of amides is 1. The first-order chi connectivity index (χ1) is 18.9. The van der Waals surface area contributed by atoms with Crippen LogP contribution in [0.1, 0.15) is 65.2 Å². The Morgan fingerprint density at radius 2 is 1.62 bits per heavy atom. The average Bonchev–Trinajstić information content (AvgIpc) is 3.40. The fourth-order valence-corrected chi connectivity index (χ4v) is 4.92. The maximum Gasteiger partial charge on any atom is 0.416 e. The van der Waals surface area contributed by atoms with Crippen LogP contribution in [0.15, 0.2) is 72.8 Å². The lowest BCUT2D eigenvalue weighted by Crippen LogP contribution is -2.47. The van der Waals surface area contributed by atoms with E-state index in [-0.39, 0.29) is 22.7 Å². The lowest BCUT2D eigenvalue weighted by Gasteiger charge is -2.41. The fourth-order valence-electron chi connectivity index (χ4n) is 4.92. The van der Waals surface area contributed by atoms with Gasteiger partial charge in [0.05, 0.1) is 19.4 Å². The number of hydrogen-bond acceptors (Lipinski definition) is 6. The Morgan fingerprint density at radius 1 is 0.975 bits per heavy atom. The Balaban J connectivity index is 1.67. The summed E-state index contributed by atoms with van der Waals surface area (Å²) in [4.78, 5) is 27.7. The van der Waals surface area contributed by atoms with Crippen molar-refractivity contribution in [3.63, 3.8) is 0 Å². The molecule has 2 heterocycles. The summed E-state index contributed by atoms with van der Waals surface area (Å²) in [7, 11) is 1.38. The first-order valence-electron chi connectivity index (χ1n) is 14.0. The van der Waals surface area contributed by atoms with E-state index in [1.807, 2.05) is 30.3 Å². The van der Waals surface area contributed by atoms with E-state index >= 15 is 0 Å². The third kappa shape index (κ3) is 6.88. The van der Waals surface area contributed by atoms with Crippen LogP contribution in [0.3, 0.4) is 0 Å². The zero-order chi connectivity index (χ0) is 29.1. The highest BCUT2D eigenvalue weighted by atomic mass is 17.2. The molecule has 0 saturated heterocycles. The zero-order valence-corrected chi connectivity index (χ0v) is 25.1. The van der Waals surface area contributed by atoms with Gasteiger partial charge in [0.2, 0.25) is 6.23 Å². The highest BCUT2D eigenvalue weighted by Crippen LogP contribution is 2.39. The summed E-state index contributed by atoms with van der Waals surface area (Å²) >= 11 is 0. The molecule has 2 aliphatic rings. The minimum atomic E-state index is -0.623. The van der Waals surface area contributed by atoms with Gasteiger partial charge in [0.25, 0.3) is 0 Å². The largest absolute Gasteiger partial charge is 0.470 e. The number of rotatable bonds is 7. The smallest absolute Gasteiger partial charge is 0.416 e. The molecular formula is C33H44N2O5. The topological polar surface area (TPSA) is 60.5 Å². The summed E-state index contributed by atoms with van der Waals surface area (Å²) < 4.78 is 11.0. The van der Waals surface area contributed by atoms with Crippen molar-refractivity contribution < 1.29 is 24.0 Å². The molecule has 216 valence electrons. The summed E-state index contributed by atoms with van der Waals surface area (Å²) in [6.07, 6.45) is 4.26. The van der Waals surface area contributed by atoms with Gasteiger partial charge in [-0.15, -0.1) is 0 Å². The predicted molar refractivity (Wildman–Crippen MR) is 157 cm³/mol. The Hall–Kier alpha value is -3.29. The lowest BCUT2D eigenvalue weighted by molar-refractivity contribution is -0.311. The highest BCUT2D eigenvalue weighted by molar-refractivity contribution is 5.70. The molecule has 0 aliphatic carbocycles. The molecule has 1 amide bonds. The van der Waals surface area contributed by atoms with Crippen LogP contribution in [0.2, 0.25) is 0 Å². The van der Waals surface area contributed by atoms with Crippen LogP contribution in [-0.2, 0) is 36.7 Å². The van der Waals surface area contributed by atoms with Gasteiger partial charge in [0.1, 0.15) is 12.9 Å². The molecule has 2 aromatic rings. The number of methoxy groups -OCH3 is 1. The Morgan fingerprint density at radius 3 is 2.23 bits per heavy atom. The second-order valence-corrected chi connectivity index (χ2v) is 12.8. The number of carbonyl (C=O) groups is 1. The van der Waals surface area contributed by atoms with Crippen LogP contribution >= 0.6 is 0 Å². The van der Waals surface area contributed by atoms with Crippen LogP contribution in [-0.4, -0.2) is 37.5 Å². The highest BCUT2D eigenvalue weighted by Gasteiger charge is 2.39. The molecule has 2 aromatic carbocycles. The predicted octanol–water partition coefficient (Wildman–Crippen LogP) is 7.28. The van der Waals surface area contributed by atoms with E-state index in [0.29, 0.717) is 19.8 Å². The maximum absolute atomic E-state index is 12.6. The average molecular weight is 549 g/mol. The summed E-state index contributed by atoms with van der Waals surface area (Å²) in [5.41, 5.74) is 5.44. The van der Waals surface area contributed by atoms with Crippen LogP contribution in [0.5, 0.6) is 0 Å². The van der Waals surface area contributed by atoms with E-state index in [9.17, 15) is 4.79 Å². The van der Waals surface area contributed by atoms with Crippen molar-refractivity contribution in [2.75, 3.05) is 25.2 Å². The molecule has 0 bridgehead atoms. The minimum Gasteiger partial charge on any atom is -0.470 e. The third-order valence-corrected chi connectivity index (χ3v) is 7.62. The number of allylic oxidation sites excluding steroid dienone is 1. The van der Waals surface area contributed by atoms with E-state index in [1.165, 1.54) is 23.1 Å². The number of ether oxygens (including phenoxy) is 2. The van der Waals surface area contributed by atoms with Gasteiger partial charge in [0.15, 0.2) is 0 Å². The molecule has 7 nitrogen and oxygen atoms in total. The van der Waals surface area contributed by atoms with Crippen molar-refractivity contribution in [1.82, 2.24) is 4.90 Å².